The van der Waals surface area contributed by atoms with Crippen LogP contribution < -0.4 is 5.56 Å². The fraction of sp³-hybridized carbons (Fsp3) is 0.208. The van der Waals surface area contributed by atoms with Crippen LogP contribution in [0, 0.1) is 5.92 Å². The van der Waals surface area contributed by atoms with E-state index >= 15 is 0 Å². The lowest BCUT2D eigenvalue weighted by Gasteiger charge is -2.21. The number of aliphatic hydroxyl groups is 1. The van der Waals surface area contributed by atoms with E-state index in [1.165, 1.54) is 10.9 Å². The minimum Gasteiger partial charge on any atom is -0.394 e. The van der Waals surface area contributed by atoms with Gasteiger partial charge in [-0.2, -0.15) is 0 Å². The minimum atomic E-state index is -0.369. The number of benzene rings is 2. The molecule has 7 heteroatoms. The zero-order valence-corrected chi connectivity index (χ0v) is 18.6. The highest BCUT2D eigenvalue weighted by Gasteiger charge is 2.20. The monoisotopic (exact) mass is 453 g/mol. The average Bonchev–Trinajstić information content (AvgIpc) is 2.75. The van der Waals surface area contributed by atoms with E-state index in [2.05, 4.69) is 4.98 Å². The molecule has 0 aliphatic rings. The van der Waals surface area contributed by atoms with Crippen molar-refractivity contribution in [1.82, 2.24) is 14.5 Å². The van der Waals surface area contributed by atoms with Crippen LogP contribution in [0.5, 0.6) is 0 Å². The van der Waals surface area contributed by atoms with Gasteiger partial charge in [0.25, 0.3) is 5.56 Å². The van der Waals surface area contributed by atoms with E-state index in [9.17, 15) is 9.90 Å². The second kappa shape index (κ2) is 8.79. The van der Waals surface area contributed by atoms with Crippen LogP contribution in [0.3, 0.4) is 0 Å². The smallest absolute Gasteiger partial charge is 0.261 e. The molecule has 0 aliphatic carbocycles. The molecule has 4 aromatic rings. The molecule has 5 nitrogen and oxygen atoms in total. The van der Waals surface area contributed by atoms with Gasteiger partial charge in [-0.3, -0.25) is 9.36 Å². The number of fused-ring (bicyclic) bond motifs is 1. The fourth-order valence-electron chi connectivity index (χ4n) is 3.61. The van der Waals surface area contributed by atoms with Gasteiger partial charge in [0.05, 0.1) is 35.8 Å². The molecule has 1 atom stereocenters. The van der Waals surface area contributed by atoms with E-state index in [1.807, 2.05) is 38.1 Å². The van der Waals surface area contributed by atoms with Gasteiger partial charge in [-0.1, -0.05) is 61.3 Å². The van der Waals surface area contributed by atoms with Crippen molar-refractivity contribution >= 4 is 34.1 Å². The first-order valence-electron chi connectivity index (χ1n) is 9.93. The lowest BCUT2D eigenvalue weighted by molar-refractivity contribution is 0.189. The predicted molar refractivity (Wildman–Crippen MR) is 126 cm³/mol. The maximum atomic E-state index is 13.5. The molecule has 2 heterocycles. The molecule has 0 saturated carbocycles. The highest BCUT2D eigenvalue weighted by atomic mass is 35.5. The summed E-state index contributed by atoms with van der Waals surface area (Å²) in [5, 5.41) is 11.5. The second-order valence-corrected chi connectivity index (χ2v) is 8.59. The van der Waals surface area contributed by atoms with Crippen molar-refractivity contribution < 1.29 is 5.11 Å². The van der Waals surface area contributed by atoms with Gasteiger partial charge in [0.1, 0.15) is 5.52 Å². The normalized spacial score (nSPS) is 12.5. The van der Waals surface area contributed by atoms with Gasteiger partial charge in [-0.15, -0.1) is 0 Å². The van der Waals surface area contributed by atoms with Crippen molar-refractivity contribution in [1.29, 1.82) is 0 Å². The van der Waals surface area contributed by atoms with Crippen LogP contribution in [0.2, 0.25) is 10.0 Å². The van der Waals surface area contributed by atoms with E-state index in [0.717, 1.165) is 11.1 Å². The van der Waals surface area contributed by atoms with Crippen molar-refractivity contribution in [2.75, 3.05) is 6.61 Å². The minimum absolute atomic E-state index is 0.0620. The Labute approximate surface area is 189 Å². The van der Waals surface area contributed by atoms with Crippen LogP contribution in [-0.2, 0) is 0 Å². The number of halogens is 2. The van der Waals surface area contributed by atoms with Gasteiger partial charge in [0, 0.05) is 21.2 Å². The number of pyridine rings is 1. The average molecular weight is 454 g/mol. The Morgan fingerprint density at radius 1 is 1.00 bits per heavy atom. The van der Waals surface area contributed by atoms with Gasteiger partial charge in [0.15, 0.2) is 0 Å². The molecule has 2 aromatic heterocycles. The molecule has 158 valence electrons. The summed E-state index contributed by atoms with van der Waals surface area (Å²) in [6, 6.07) is 16.0. The number of hydrogen-bond donors (Lipinski definition) is 1. The number of hydrogen-bond acceptors (Lipinski definition) is 4. The first-order chi connectivity index (χ1) is 14.9. The molecule has 2 aromatic carbocycles. The third-order valence-corrected chi connectivity index (χ3v) is 5.81. The topological polar surface area (TPSA) is 68.0 Å². The number of aromatic nitrogens is 3. The molecule has 0 spiro atoms. The highest BCUT2D eigenvalue weighted by molar-refractivity contribution is 6.31. The van der Waals surface area contributed by atoms with Crippen LogP contribution in [0.15, 0.2) is 65.7 Å². The van der Waals surface area contributed by atoms with Gasteiger partial charge >= 0.3 is 0 Å². The molecule has 0 fully saturated rings. The Hall–Kier alpha value is -2.73. The molecule has 0 amide bonds. The summed E-state index contributed by atoms with van der Waals surface area (Å²) in [6.07, 6.45) is 1.49. The molecule has 4 rings (SSSR count). The van der Waals surface area contributed by atoms with Crippen LogP contribution >= 0.6 is 23.2 Å². The third kappa shape index (κ3) is 4.22. The number of rotatable bonds is 5. The largest absolute Gasteiger partial charge is 0.394 e. The Bertz CT molecular complexity index is 1300. The summed E-state index contributed by atoms with van der Waals surface area (Å²) in [5.74, 6) is 0.0620. The Kier molecular flexibility index (Phi) is 6.10. The molecule has 0 bridgehead atoms. The van der Waals surface area contributed by atoms with E-state index in [-0.39, 0.29) is 24.1 Å². The molecule has 0 radical (unpaired) electrons. The number of aliphatic hydroxyl groups excluding tert-OH is 1. The van der Waals surface area contributed by atoms with E-state index in [1.54, 1.807) is 30.3 Å². The fourth-order valence-corrected chi connectivity index (χ4v) is 3.92. The molecule has 1 N–H and O–H groups in total. The first kappa shape index (κ1) is 21.5. The molecule has 0 saturated heterocycles. The maximum absolute atomic E-state index is 13.5. The standard InChI is InChI=1S/C24H21Cl2N3O2/c1-14(2)21(12-30)29-13-27-23-19(24(29)31)11-20(15-6-8-17(25)9-7-15)28-22(23)16-4-3-5-18(26)10-16/h3-11,13-14,21,30H,12H2,1-2H3/t21-/m1/s1. The number of nitrogens with zero attached hydrogens (tertiary/aromatic N) is 3. The van der Waals surface area contributed by atoms with Gasteiger partial charge in [-0.25, -0.2) is 9.97 Å². The summed E-state index contributed by atoms with van der Waals surface area (Å²) in [6.45, 7) is 3.77. The van der Waals surface area contributed by atoms with Crippen molar-refractivity contribution in [3.05, 3.63) is 81.3 Å². The van der Waals surface area contributed by atoms with Crippen LogP contribution in [0.25, 0.3) is 33.4 Å². The zero-order chi connectivity index (χ0) is 22.1. The Morgan fingerprint density at radius 2 is 1.74 bits per heavy atom. The lowest BCUT2D eigenvalue weighted by Crippen LogP contribution is -2.30. The first-order valence-corrected chi connectivity index (χ1v) is 10.7. The maximum Gasteiger partial charge on any atom is 0.261 e. The van der Waals surface area contributed by atoms with E-state index in [4.69, 9.17) is 28.2 Å². The Balaban J connectivity index is 2.04. The molecule has 0 aliphatic heterocycles. The molecule has 0 unspecified atom stereocenters. The van der Waals surface area contributed by atoms with E-state index in [0.29, 0.717) is 32.3 Å². The zero-order valence-electron chi connectivity index (χ0n) is 17.1. The lowest BCUT2D eigenvalue weighted by atomic mass is 10.0. The molecular weight excluding hydrogens is 433 g/mol. The van der Waals surface area contributed by atoms with Gasteiger partial charge in [0.2, 0.25) is 0 Å². The van der Waals surface area contributed by atoms with Crippen LogP contribution in [0.1, 0.15) is 19.9 Å². The van der Waals surface area contributed by atoms with Crippen molar-refractivity contribution in [2.45, 2.75) is 19.9 Å². The van der Waals surface area contributed by atoms with E-state index < -0.39 is 0 Å². The second-order valence-electron chi connectivity index (χ2n) is 7.72. The summed E-state index contributed by atoms with van der Waals surface area (Å²) < 4.78 is 1.50. The van der Waals surface area contributed by atoms with Crippen LogP contribution in [-0.4, -0.2) is 26.2 Å². The summed E-state index contributed by atoms with van der Waals surface area (Å²) in [4.78, 5) is 22.9. The summed E-state index contributed by atoms with van der Waals surface area (Å²) in [5.41, 5.74) is 3.05. The molecule has 31 heavy (non-hydrogen) atoms. The predicted octanol–water partition coefficient (Wildman–Crippen LogP) is 5.62. The van der Waals surface area contributed by atoms with Crippen molar-refractivity contribution in [3.8, 4) is 22.5 Å². The van der Waals surface area contributed by atoms with Crippen molar-refractivity contribution in [2.24, 2.45) is 5.92 Å². The van der Waals surface area contributed by atoms with Crippen LogP contribution in [0.4, 0.5) is 0 Å². The Morgan fingerprint density at radius 3 is 2.39 bits per heavy atom. The molecular formula is C24H21Cl2N3O2. The quantitative estimate of drug-likeness (QED) is 0.425. The summed E-state index contributed by atoms with van der Waals surface area (Å²) in [7, 11) is 0. The third-order valence-electron chi connectivity index (χ3n) is 5.32. The van der Waals surface area contributed by atoms with Gasteiger partial charge in [-0.05, 0) is 36.2 Å². The highest BCUT2D eigenvalue weighted by Crippen LogP contribution is 2.31. The summed E-state index contributed by atoms with van der Waals surface area (Å²) >= 11 is 12.3. The van der Waals surface area contributed by atoms with Crippen molar-refractivity contribution in [3.63, 3.8) is 0 Å². The SMILES string of the molecule is CC(C)[C@@H](CO)n1cnc2c(-c3cccc(Cl)c3)nc(-c3ccc(Cl)cc3)cc2c1=O. The van der Waals surface area contributed by atoms with Gasteiger partial charge < -0.3 is 5.11 Å².